The Hall–Kier alpha value is -1.97. The third-order valence-corrected chi connectivity index (χ3v) is 2.30. The lowest BCUT2D eigenvalue weighted by molar-refractivity contribution is -0.142. The van der Waals surface area contributed by atoms with Gasteiger partial charge >= 0.3 is 5.97 Å². The Labute approximate surface area is 121 Å². The molecule has 108 valence electrons. The molecule has 0 rings (SSSR count). The summed E-state index contributed by atoms with van der Waals surface area (Å²) in [5, 5.41) is 9.13. The number of unbranched alkanes of at least 4 members (excludes halogenated alkanes) is 3. The van der Waals surface area contributed by atoms with E-state index in [9.17, 15) is 4.79 Å². The maximum atomic E-state index is 11.0. The van der Waals surface area contributed by atoms with Crippen LogP contribution in [0.25, 0.3) is 0 Å². The molecule has 0 aromatic heterocycles. The minimum Gasteiger partial charge on any atom is -0.445 e. The van der Waals surface area contributed by atoms with Crippen molar-refractivity contribution in [2.75, 3.05) is 0 Å². The van der Waals surface area contributed by atoms with Crippen LogP contribution in [-0.2, 0) is 9.53 Å². The lowest BCUT2D eigenvalue weighted by Crippen LogP contribution is -2.11. The van der Waals surface area contributed by atoms with Crippen LogP contribution < -0.4 is 0 Å². The standard InChI is InChI=1S/C17H22O3/c1-4-6-7-8-9-13-17(20-15(3)18)14-11-10-12-16(19)5-2/h5,9,13,16-17,19H,2,4,6-8H2,1,3H3. The van der Waals surface area contributed by atoms with Gasteiger partial charge in [-0.1, -0.05) is 44.4 Å². The normalized spacial score (nSPS) is 12.6. The Morgan fingerprint density at radius 2 is 2.05 bits per heavy atom. The second-order valence-electron chi connectivity index (χ2n) is 4.17. The van der Waals surface area contributed by atoms with Gasteiger partial charge in [-0.2, -0.15) is 0 Å². The van der Waals surface area contributed by atoms with Crippen molar-refractivity contribution in [1.29, 1.82) is 0 Å². The minimum atomic E-state index is -0.888. The fourth-order valence-electron chi connectivity index (χ4n) is 1.30. The predicted octanol–water partition coefficient (Wildman–Crippen LogP) is 2.61. The summed E-state index contributed by atoms with van der Waals surface area (Å²) in [6, 6.07) is 0. The number of aliphatic hydroxyl groups excluding tert-OH is 1. The van der Waals surface area contributed by atoms with Crippen LogP contribution in [-0.4, -0.2) is 23.3 Å². The van der Waals surface area contributed by atoms with Gasteiger partial charge in [-0.3, -0.25) is 4.79 Å². The number of rotatable bonds is 7. The van der Waals surface area contributed by atoms with Crippen LogP contribution in [0.5, 0.6) is 0 Å². The summed E-state index contributed by atoms with van der Waals surface area (Å²) in [5.74, 6) is 9.86. The Morgan fingerprint density at radius 3 is 2.65 bits per heavy atom. The minimum absolute atomic E-state index is 0.387. The molecule has 0 spiro atoms. The highest BCUT2D eigenvalue weighted by atomic mass is 16.5. The van der Waals surface area contributed by atoms with Gasteiger partial charge in [0.1, 0.15) is 6.10 Å². The van der Waals surface area contributed by atoms with E-state index in [0.29, 0.717) is 0 Å². The Kier molecular flexibility index (Phi) is 10.9. The molecule has 0 aromatic rings. The van der Waals surface area contributed by atoms with E-state index < -0.39 is 12.2 Å². The summed E-state index contributed by atoms with van der Waals surface area (Å²) >= 11 is 0. The highest BCUT2D eigenvalue weighted by Gasteiger charge is 2.02. The number of ether oxygens (including phenoxy) is 1. The lowest BCUT2D eigenvalue weighted by Gasteiger charge is -2.05. The summed E-state index contributed by atoms with van der Waals surface area (Å²) in [5.41, 5.74) is 0. The first-order valence-corrected chi connectivity index (χ1v) is 6.75. The molecule has 0 aliphatic rings. The highest BCUT2D eigenvalue weighted by molar-refractivity contribution is 5.66. The molecule has 0 amide bonds. The number of aliphatic hydroxyl groups is 1. The van der Waals surface area contributed by atoms with Crippen LogP contribution in [0.3, 0.4) is 0 Å². The van der Waals surface area contributed by atoms with E-state index in [1.807, 2.05) is 6.08 Å². The van der Waals surface area contributed by atoms with Crippen LogP contribution in [0.1, 0.15) is 39.5 Å². The Balaban J connectivity index is 4.47. The summed E-state index contributed by atoms with van der Waals surface area (Å²) in [4.78, 5) is 11.0. The maximum absolute atomic E-state index is 11.0. The van der Waals surface area contributed by atoms with Crippen LogP contribution in [0.2, 0.25) is 0 Å². The molecular weight excluding hydrogens is 252 g/mol. The van der Waals surface area contributed by atoms with E-state index in [1.54, 1.807) is 6.08 Å². The third-order valence-electron chi connectivity index (χ3n) is 2.30. The molecule has 20 heavy (non-hydrogen) atoms. The zero-order chi connectivity index (χ0) is 15.2. The summed E-state index contributed by atoms with van der Waals surface area (Å²) in [6.07, 6.45) is 7.95. The van der Waals surface area contributed by atoms with Gasteiger partial charge < -0.3 is 9.84 Å². The molecule has 3 nitrogen and oxygen atoms in total. The van der Waals surface area contributed by atoms with Crippen molar-refractivity contribution in [1.82, 2.24) is 0 Å². The molecule has 2 unspecified atom stereocenters. The zero-order valence-electron chi connectivity index (χ0n) is 12.2. The molecule has 2 atom stereocenters. The largest absolute Gasteiger partial charge is 0.445 e. The number of carbonyl (C=O) groups excluding carboxylic acids is 1. The monoisotopic (exact) mass is 274 g/mol. The number of hydrogen-bond acceptors (Lipinski definition) is 3. The van der Waals surface area contributed by atoms with Gasteiger partial charge in [0.05, 0.1) is 0 Å². The van der Waals surface area contributed by atoms with Gasteiger partial charge in [0.2, 0.25) is 0 Å². The molecule has 0 saturated carbocycles. The lowest BCUT2D eigenvalue weighted by atomic mass is 10.2. The molecule has 0 heterocycles. The quantitative estimate of drug-likeness (QED) is 0.336. The summed E-state index contributed by atoms with van der Waals surface area (Å²) in [7, 11) is 0. The topological polar surface area (TPSA) is 46.5 Å². The summed E-state index contributed by atoms with van der Waals surface area (Å²) in [6.45, 7) is 6.88. The van der Waals surface area contributed by atoms with Crippen molar-refractivity contribution < 1.29 is 14.6 Å². The van der Waals surface area contributed by atoms with Crippen LogP contribution in [0.15, 0.2) is 24.8 Å². The fraction of sp³-hybridized carbons (Fsp3) is 0.471. The molecule has 0 aromatic carbocycles. The van der Waals surface area contributed by atoms with Crippen molar-refractivity contribution in [3.05, 3.63) is 24.8 Å². The second-order valence-corrected chi connectivity index (χ2v) is 4.17. The second kappa shape index (κ2) is 12.1. The molecule has 0 aliphatic heterocycles. The van der Waals surface area contributed by atoms with Crippen LogP contribution in [0, 0.1) is 23.7 Å². The van der Waals surface area contributed by atoms with Crippen LogP contribution in [0.4, 0.5) is 0 Å². The summed E-state index contributed by atoms with van der Waals surface area (Å²) < 4.78 is 5.04. The van der Waals surface area contributed by atoms with Gasteiger partial charge in [0.15, 0.2) is 6.10 Å². The molecule has 0 fully saturated rings. The van der Waals surface area contributed by atoms with Crippen LogP contribution >= 0.6 is 0 Å². The van der Waals surface area contributed by atoms with Gasteiger partial charge in [-0.05, 0) is 36.7 Å². The first-order valence-electron chi connectivity index (χ1n) is 6.75. The van der Waals surface area contributed by atoms with E-state index in [1.165, 1.54) is 25.8 Å². The zero-order valence-corrected chi connectivity index (χ0v) is 12.2. The van der Waals surface area contributed by atoms with Crippen molar-refractivity contribution in [3.63, 3.8) is 0 Å². The van der Waals surface area contributed by atoms with Gasteiger partial charge in [0.25, 0.3) is 0 Å². The Morgan fingerprint density at radius 1 is 1.35 bits per heavy atom. The van der Waals surface area contributed by atoms with E-state index in [4.69, 9.17) is 9.84 Å². The third kappa shape index (κ3) is 11.1. The molecule has 0 radical (unpaired) electrons. The molecule has 3 heteroatoms. The van der Waals surface area contributed by atoms with Crippen molar-refractivity contribution >= 4 is 5.97 Å². The van der Waals surface area contributed by atoms with Crippen molar-refractivity contribution in [2.45, 2.75) is 51.7 Å². The number of hydrogen-bond donors (Lipinski definition) is 1. The number of allylic oxidation sites excluding steroid dienone is 1. The van der Waals surface area contributed by atoms with Gasteiger partial charge in [-0.15, -0.1) is 0 Å². The Bertz CT molecular complexity index is 440. The number of esters is 1. The molecular formula is C17H22O3. The average Bonchev–Trinajstić information content (AvgIpc) is 2.42. The average molecular weight is 274 g/mol. The van der Waals surface area contributed by atoms with Crippen molar-refractivity contribution in [2.24, 2.45) is 0 Å². The van der Waals surface area contributed by atoms with Gasteiger partial charge in [-0.25, -0.2) is 0 Å². The first kappa shape index (κ1) is 18.0. The maximum Gasteiger partial charge on any atom is 0.304 e. The SMILES string of the molecule is C=CC(O)C#CC#CC(C=CCCCCC)OC(C)=O. The van der Waals surface area contributed by atoms with E-state index in [-0.39, 0.29) is 5.97 Å². The van der Waals surface area contributed by atoms with E-state index >= 15 is 0 Å². The molecule has 0 saturated heterocycles. The highest BCUT2D eigenvalue weighted by Crippen LogP contribution is 2.02. The molecule has 0 bridgehead atoms. The fourth-order valence-corrected chi connectivity index (χ4v) is 1.30. The molecule has 1 N–H and O–H groups in total. The number of carbonyl (C=O) groups is 1. The van der Waals surface area contributed by atoms with E-state index in [2.05, 4.69) is 37.2 Å². The smallest absolute Gasteiger partial charge is 0.304 e. The molecule has 0 aliphatic carbocycles. The van der Waals surface area contributed by atoms with E-state index in [0.717, 1.165) is 12.8 Å². The van der Waals surface area contributed by atoms with Gasteiger partial charge in [0, 0.05) is 6.92 Å². The van der Waals surface area contributed by atoms with Crippen molar-refractivity contribution in [3.8, 4) is 23.7 Å². The predicted molar refractivity (Wildman–Crippen MR) is 80.6 cm³/mol. The first-order chi connectivity index (χ1) is 9.60.